The van der Waals surface area contributed by atoms with Crippen molar-refractivity contribution in [2.24, 2.45) is 0 Å². The van der Waals surface area contributed by atoms with Crippen LogP contribution in [0.4, 0.5) is 10.1 Å². The van der Waals surface area contributed by atoms with Crippen LogP contribution in [0.2, 0.25) is 0 Å². The third kappa shape index (κ3) is 4.70. The van der Waals surface area contributed by atoms with Crippen LogP contribution >= 0.6 is 0 Å². The van der Waals surface area contributed by atoms with Crippen molar-refractivity contribution >= 4 is 21.4 Å². The Bertz CT molecular complexity index is 946. The van der Waals surface area contributed by atoms with E-state index in [4.69, 9.17) is 4.74 Å². The minimum Gasteiger partial charge on any atom is -0.497 e. The number of ether oxygens (including phenoxy) is 1. The molecule has 0 bridgehead atoms. The molecule has 6 nitrogen and oxygen atoms in total. The molecule has 0 saturated carbocycles. The van der Waals surface area contributed by atoms with Crippen LogP contribution in [0.1, 0.15) is 13.3 Å². The fourth-order valence-corrected chi connectivity index (χ4v) is 4.75. The van der Waals surface area contributed by atoms with Crippen molar-refractivity contribution in [3.8, 4) is 5.75 Å². The van der Waals surface area contributed by atoms with Crippen molar-refractivity contribution in [2.45, 2.75) is 23.5 Å². The Kier molecular flexibility index (Phi) is 6.42. The Labute approximate surface area is 170 Å². The van der Waals surface area contributed by atoms with Gasteiger partial charge in [-0.15, -0.1) is 0 Å². The number of carbonyl (C=O) groups excluding carboxylic acids is 1. The van der Waals surface area contributed by atoms with Gasteiger partial charge in [0.2, 0.25) is 5.91 Å². The van der Waals surface area contributed by atoms with Crippen LogP contribution in [0.5, 0.6) is 5.75 Å². The molecule has 1 aliphatic heterocycles. The maximum absolute atomic E-state index is 13.1. The number of benzene rings is 2. The predicted molar refractivity (Wildman–Crippen MR) is 109 cm³/mol. The van der Waals surface area contributed by atoms with Gasteiger partial charge in [0.05, 0.1) is 12.0 Å². The van der Waals surface area contributed by atoms with Crippen molar-refractivity contribution in [3.63, 3.8) is 0 Å². The fourth-order valence-electron chi connectivity index (χ4n) is 3.41. The molecule has 156 valence electrons. The van der Waals surface area contributed by atoms with E-state index in [2.05, 4.69) is 4.90 Å². The van der Waals surface area contributed by atoms with Crippen molar-refractivity contribution < 1.29 is 22.3 Å². The molecule has 1 fully saturated rings. The lowest BCUT2D eigenvalue weighted by Crippen LogP contribution is -2.43. The molecule has 2 aromatic carbocycles. The number of methoxy groups -OCH3 is 1. The summed E-state index contributed by atoms with van der Waals surface area (Å²) >= 11 is 0. The Hall–Kier alpha value is -2.61. The largest absolute Gasteiger partial charge is 0.497 e. The van der Waals surface area contributed by atoms with Crippen LogP contribution in [0.15, 0.2) is 53.4 Å². The average Bonchev–Trinajstić information content (AvgIpc) is 2.99. The van der Waals surface area contributed by atoms with E-state index in [0.717, 1.165) is 36.5 Å². The molecule has 0 aromatic heterocycles. The van der Waals surface area contributed by atoms with E-state index in [1.165, 1.54) is 19.1 Å². The summed E-state index contributed by atoms with van der Waals surface area (Å²) < 4.78 is 43.8. The molecule has 1 atom stereocenters. The van der Waals surface area contributed by atoms with Gasteiger partial charge in [0.15, 0.2) is 9.84 Å². The van der Waals surface area contributed by atoms with E-state index in [1.54, 1.807) is 12.0 Å². The van der Waals surface area contributed by atoms with E-state index in [0.29, 0.717) is 19.6 Å². The second-order valence-corrected chi connectivity index (χ2v) is 9.27. The van der Waals surface area contributed by atoms with E-state index in [-0.39, 0.29) is 4.90 Å². The molecule has 0 spiro atoms. The van der Waals surface area contributed by atoms with Gasteiger partial charge in [-0.2, -0.15) is 0 Å². The van der Waals surface area contributed by atoms with Gasteiger partial charge in [-0.1, -0.05) is 0 Å². The number of carbonyl (C=O) groups is 1. The van der Waals surface area contributed by atoms with Crippen LogP contribution in [0.3, 0.4) is 0 Å². The first-order valence-electron chi connectivity index (χ1n) is 9.50. The lowest BCUT2D eigenvalue weighted by atomic mass is 10.2. The number of rotatable bonds is 5. The zero-order valence-corrected chi connectivity index (χ0v) is 17.4. The SMILES string of the molecule is COc1ccc(N2CCCN(C(=O)C(C)S(=O)(=O)c3ccc(F)cc3)CC2)cc1. The second kappa shape index (κ2) is 8.82. The first kappa shape index (κ1) is 21.1. The lowest BCUT2D eigenvalue weighted by molar-refractivity contribution is -0.130. The monoisotopic (exact) mass is 420 g/mol. The van der Waals surface area contributed by atoms with Crippen LogP contribution in [-0.2, 0) is 14.6 Å². The first-order chi connectivity index (χ1) is 13.8. The number of hydrogen-bond donors (Lipinski definition) is 0. The van der Waals surface area contributed by atoms with Gasteiger partial charge < -0.3 is 14.5 Å². The molecule has 1 saturated heterocycles. The highest BCUT2D eigenvalue weighted by molar-refractivity contribution is 7.92. The molecule has 2 aromatic rings. The summed E-state index contributed by atoms with van der Waals surface area (Å²) in [5.74, 6) is -0.167. The molecule has 0 aliphatic carbocycles. The third-order valence-electron chi connectivity index (χ3n) is 5.20. The fraction of sp³-hybridized carbons (Fsp3) is 0.381. The summed E-state index contributed by atoms with van der Waals surface area (Å²) in [6.07, 6.45) is 0.737. The maximum atomic E-state index is 13.1. The van der Waals surface area contributed by atoms with Gasteiger partial charge in [-0.25, -0.2) is 12.8 Å². The smallest absolute Gasteiger partial charge is 0.241 e. The number of nitrogens with zero attached hydrogens (tertiary/aromatic N) is 2. The predicted octanol–water partition coefficient (Wildman–Crippen LogP) is 2.74. The summed E-state index contributed by atoms with van der Waals surface area (Å²) in [4.78, 5) is 16.6. The van der Waals surface area contributed by atoms with E-state index in [1.807, 2.05) is 24.3 Å². The van der Waals surface area contributed by atoms with Crippen LogP contribution < -0.4 is 9.64 Å². The van der Waals surface area contributed by atoms with Gasteiger partial charge in [0.25, 0.3) is 0 Å². The Morgan fingerprint density at radius 1 is 1.00 bits per heavy atom. The summed E-state index contributed by atoms with van der Waals surface area (Å²) in [7, 11) is -2.26. The van der Waals surface area contributed by atoms with Crippen molar-refractivity contribution in [1.82, 2.24) is 4.90 Å². The molecule has 3 rings (SSSR count). The Balaban J connectivity index is 1.68. The van der Waals surface area contributed by atoms with Crippen molar-refractivity contribution in [1.29, 1.82) is 0 Å². The molecule has 1 unspecified atom stereocenters. The molecule has 1 aliphatic rings. The Morgan fingerprint density at radius 2 is 1.66 bits per heavy atom. The number of hydrogen-bond acceptors (Lipinski definition) is 5. The highest BCUT2D eigenvalue weighted by atomic mass is 32.2. The van der Waals surface area contributed by atoms with Gasteiger partial charge >= 0.3 is 0 Å². The normalized spacial score (nSPS) is 16.2. The standard InChI is InChI=1S/C21H25FN2O4S/c1-16(29(26,27)20-10-4-17(22)5-11-20)21(25)24-13-3-12-23(14-15-24)18-6-8-19(28-2)9-7-18/h4-11,16H,3,12-15H2,1-2H3. The van der Waals surface area contributed by atoms with E-state index < -0.39 is 26.8 Å². The van der Waals surface area contributed by atoms with Gasteiger partial charge in [-0.05, 0) is 61.9 Å². The summed E-state index contributed by atoms with van der Waals surface area (Å²) in [5, 5.41) is -1.22. The lowest BCUT2D eigenvalue weighted by Gasteiger charge is -2.25. The van der Waals surface area contributed by atoms with Crippen LogP contribution in [0, 0.1) is 5.82 Å². The molecule has 0 radical (unpaired) electrons. The molecule has 1 heterocycles. The minimum absolute atomic E-state index is 0.0468. The molecule has 8 heteroatoms. The molecular weight excluding hydrogens is 395 g/mol. The van der Waals surface area contributed by atoms with E-state index in [9.17, 15) is 17.6 Å². The number of anilines is 1. The Morgan fingerprint density at radius 3 is 2.28 bits per heavy atom. The van der Waals surface area contributed by atoms with Crippen molar-refractivity contribution in [2.75, 3.05) is 38.2 Å². The van der Waals surface area contributed by atoms with Crippen molar-refractivity contribution in [3.05, 3.63) is 54.3 Å². The number of sulfone groups is 1. The first-order valence-corrected chi connectivity index (χ1v) is 11.0. The maximum Gasteiger partial charge on any atom is 0.241 e. The molecule has 0 N–H and O–H groups in total. The highest BCUT2D eigenvalue weighted by Crippen LogP contribution is 2.22. The molecular formula is C21H25FN2O4S. The molecule has 29 heavy (non-hydrogen) atoms. The van der Waals surface area contributed by atoms with Gasteiger partial charge in [-0.3, -0.25) is 4.79 Å². The van der Waals surface area contributed by atoms with Crippen LogP contribution in [-0.4, -0.2) is 57.8 Å². The van der Waals surface area contributed by atoms with Gasteiger partial charge in [0, 0.05) is 31.9 Å². The number of amides is 1. The highest BCUT2D eigenvalue weighted by Gasteiger charge is 2.33. The van der Waals surface area contributed by atoms with Crippen LogP contribution in [0.25, 0.3) is 0 Å². The quantitative estimate of drug-likeness (QED) is 0.696. The molecule has 1 amide bonds. The third-order valence-corrected chi connectivity index (χ3v) is 7.26. The summed E-state index contributed by atoms with van der Waals surface area (Å²) in [6.45, 7) is 3.71. The van der Waals surface area contributed by atoms with Gasteiger partial charge in [0.1, 0.15) is 16.8 Å². The second-order valence-electron chi connectivity index (χ2n) is 7.01. The topological polar surface area (TPSA) is 66.9 Å². The minimum atomic E-state index is -3.87. The van der Waals surface area contributed by atoms with E-state index >= 15 is 0 Å². The number of halogens is 1. The zero-order valence-electron chi connectivity index (χ0n) is 16.5. The summed E-state index contributed by atoms with van der Waals surface area (Å²) in [5.41, 5.74) is 1.03. The average molecular weight is 421 g/mol. The summed E-state index contributed by atoms with van der Waals surface area (Å²) in [6, 6.07) is 12.3. The zero-order chi connectivity index (χ0) is 21.0.